The molecule has 1 aromatic heterocycles. The van der Waals surface area contributed by atoms with Crippen LogP contribution in [0.25, 0.3) is 11.3 Å². The molecule has 0 saturated carbocycles. The Kier molecular flexibility index (Phi) is 5.15. The van der Waals surface area contributed by atoms with Crippen molar-refractivity contribution in [1.29, 1.82) is 5.26 Å². The minimum atomic E-state index is -0.480. The molecule has 1 aromatic carbocycles. The van der Waals surface area contributed by atoms with E-state index in [0.717, 1.165) is 0 Å². The van der Waals surface area contributed by atoms with Gasteiger partial charge in [-0.3, -0.25) is 4.98 Å². The maximum absolute atomic E-state index is 12.1. The number of carbonyl (C=O) groups excluding carboxylic acids is 1. The zero-order valence-corrected chi connectivity index (χ0v) is 13.1. The Morgan fingerprint density at radius 2 is 2.04 bits per heavy atom. The van der Waals surface area contributed by atoms with Crippen molar-refractivity contribution in [3.8, 4) is 28.8 Å². The third kappa shape index (κ3) is 3.09. The highest BCUT2D eigenvalue weighted by Crippen LogP contribution is 2.38. The summed E-state index contributed by atoms with van der Waals surface area (Å²) in [7, 11) is 2.92. The number of nitriles is 1. The summed E-state index contributed by atoms with van der Waals surface area (Å²) in [5.41, 5.74) is 1.46. The molecule has 0 N–H and O–H groups in total. The number of aromatic nitrogens is 1. The minimum Gasteiger partial charge on any atom is -0.495 e. The molecule has 23 heavy (non-hydrogen) atoms. The Hall–Kier alpha value is -3.07. The molecule has 0 aliphatic rings. The summed E-state index contributed by atoms with van der Waals surface area (Å²) < 4.78 is 15.6. The third-order valence-electron chi connectivity index (χ3n) is 3.21. The third-order valence-corrected chi connectivity index (χ3v) is 3.21. The van der Waals surface area contributed by atoms with Gasteiger partial charge in [-0.1, -0.05) is 0 Å². The zero-order chi connectivity index (χ0) is 16.8. The van der Waals surface area contributed by atoms with E-state index in [4.69, 9.17) is 14.2 Å². The second kappa shape index (κ2) is 7.27. The van der Waals surface area contributed by atoms with Crippen molar-refractivity contribution in [2.45, 2.75) is 6.92 Å². The number of carbonyl (C=O) groups is 1. The highest BCUT2D eigenvalue weighted by atomic mass is 16.5. The Bertz CT molecular complexity index is 766. The Labute approximate surface area is 134 Å². The molecule has 0 spiro atoms. The first-order chi connectivity index (χ1) is 11.2. The van der Waals surface area contributed by atoms with Gasteiger partial charge >= 0.3 is 5.97 Å². The number of nitrogens with zero attached hydrogens (tertiary/aromatic N) is 2. The Balaban J connectivity index is 2.69. The van der Waals surface area contributed by atoms with Crippen molar-refractivity contribution in [3.05, 3.63) is 41.6 Å². The monoisotopic (exact) mass is 312 g/mol. The van der Waals surface area contributed by atoms with E-state index in [9.17, 15) is 10.1 Å². The van der Waals surface area contributed by atoms with Crippen LogP contribution in [0.5, 0.6) is 11.5 Å². The molecule has 1 heterocycles. The number of pyridine rings is 1. The molecule has 0 unspecified atom stereocenters. The molecule has 0 bridgehead atoms. The van der Waals surface area contributed by atoms with Crippen LogP contribution in [0.2, 0.25) is 0 Å². The van der Waals surface area contributed by atoms with E-state index in [1.807, 2.05) is 0 Å². The molecule has 0 aliphatic heterocycles. The van der Waals surface area contributed by atoms with E-state index in [1.54, 1.807) is 37.4 Å². The van der Waals surface area contributed by atoms with Crippen LogP contribution >= 0.6 is 0 Å². The van der Waals surface area contributed by atoms with Crippen LogP contribution in [-0.2, 0) is 4.74 Å². The van der Waals surface area contributed by atoms with Crippen LogP contribution in [0, 0.1) is 11.3 Å². The molecule has 0 fully saturated rings. The first kappa shape index (κ1) is 16.3. The fourth-order valence-electron chi connectivity index (χ4n) is 2.23. The molecule has 0 saturated heterocycles. The van der Waals surface area contributed by atoms with E-state index in [1.165, 1.54) is 14.2 Å². The SMILES string of the molecule is CCOC(=O)c1cccnc1-c1ccc(OC)c(C#N)c1OC. The van der Waals surface area contributed by atoms with E-state index < -0.39 is 5.97 Å². The Morgan fingerprint density at radius 1 is 1.26 bits per heavy atom. The molecular formula is C17H16N2O4. The first-order valence-corrected chi connectivity index (χ1v) is 6.95. The summed E-state index contributed by atoms with van der Waals surface area (Å²) in [6, 6.07) is 8.66. The maximum atomic E-state index is 12.1. The smallest absolute Gasteiger partial charge is 0.340 e. The number of benzene rings is 1. The van der Waals surface area contributed by atoms with Crippen LogP contribution in [0.1, 0.15) is 22.8 Å². The topological polar surface area (TPSA) is 81.4 Å². The molecule has 0 aliphatic carbocycles. The van der Waals surface area contributed by atoms with Crippen molar-refractivity contribution >= 4 is 5.97 Å². The lowest BCUT2D eigenvalue weighted by Crippen LogP contribution is -2.08. The van der Waals surface area contributed by atoms with Gasteiger partial charge in [0.15, 0.2) is 0 Å². The van der Waals surface area contributed by atoms with Crippen LogP contribution in [0.4, 0.5) is 0 Å². The van der Waals surface area contributed by atoms with E-state index >= 15 is 0 Å². The highest BCUT2D eigenvalue weighted by molar-refractivity contribution is 5.97. The average molecular weight is 312 g/mol. The van der Waals surface area contributed by atoms with Gasteiger partial charge in [0.05, 0.1) is 32.1 Å². The Morgan fingerprint density at radius 3 is 2.65 bits per heavy atom. The first-order valence-electron chi connectivity index (χ1n) is 6.95. The lowest BCUT2D eigenvalue weighted by atomic mass is 10.0. The molecule has 118 valence electrons. The number of hydrogen-bond donors (Lipinski definition) is 0. The van der Waals surface area contributed by atoms with E-state index in [2.05, 4.69) is 11.1 Å². The van der Waals surface area contributed by atoms with Crippen LogP contribution in [0.3, 0.4) is 0 Å². The minimum absolute atomic E-state index is 0.243. The van der Waals surface area contributed by atoms with Gasteiger partial charge in [-0.2, -0.15) is 5.26 Å². The van der Waals surface area contributed by atoms with E-state index in [-0.39, 0.29) is 12.2 Å². The van der Waals surface area contributed by atoms with Gasteiger partial charge in [0, 0.05) is 11.8 Å². The van der Waals surface area contributed by atoms with Crippen molar-refractivity contribution in [3.63, 3.8) is 0 Å². The second-order valence-corrected chi connectivity index (χ2v) is 4.46. The summed E-state index contributed by atoms with van der Waals surface area (Å²) >= 11 is 0. The summed E-state index contributed by atoms with van der Waals surface area (Å²) in [6.07, 6.45) is 1.56. The standard InChI is InChI=1S/C17H16N2O4/c1-4-23-17(20)12-6-5-9-19-15(12)11-7-8-14(21-2)13(10-18)16(11)22-3/h5-9H,4H2,1-3H3. The summed E-state index contributed by atoms with van der Waals surface area (Å²) in [4.78, 5) is 16.4. The number of methoxy groups -OCH3 is 2. The average Bonchev–Trinajstić information content (AvgIpc) is 2.60. The molecule has 0 atom stereocenters. The van der Waals surface area contributed by atoms with Gasteiger partial charge in [-0.25, -0.2) is 4.79 Å². The van der Waals surface area contributed by atoms with Gasteiger partial charge in [-0.05, 0) is 31.2 Å². The number of ether oxygens (including phenoxy) is 3. The molecule has 6 heteroatoms. The lowest BCUT2D eigenvalue weighted by Gasteiger charge is -2.14. The van der Waals surface area contributed by atoms with Crippen LogP contribution < -0.4 is 9.47 Å². The highest BCUT2D eigenvalue weighted by Gasteiger charge is 2.21. The van der Waals surface area contributed by atoms with Gasteiger partial charge in [0.1, 0.15) is 23.1 Å². The van der Waals surface area contributed by atoms with Crippen LogP contribution in [-0.4, -0.2) is 31.8 Å². The van der Waals surface area contributed by atoms with Gasteiger partial charge in [-0.15, -0.1) is 0 Å². The normalized spacial score (nSPS) is 9.83. The largest absolute Gasteiger partial charge is 0.495 e. The lowest BCUT2D eigenvalue weighted by molar-refractivity contribution is 0.0527. The van der Waals surface area contributed by atoms with Crippen molar-refractivity contribution in [2.75, 3.05) is 20.8 Å². The molecule has 6 nitrogen and oxygen atoms in total. The molecule has 0 amide bonds. The summed E-state index contributed by atoms with van der Waals surface area (Å²) in [5, 5.41) is 9.37. The number of esters is 1. The quantitative estimate of drug-likeness (QED) is 0.790. The summed E-state index contributed by atoms with van der Waals surface area (Å²) in [6.45, 7) is 1.99. The molecular weight excluding hydrogens is 296 g/mol. The fraction of sp³-hybridized carbons (Fsp3) is 0.235. The van der Waals surface area contributed by atoms with Crippen molar-refractivity contribution in [2.24, 2.45) is 0 Å². The fourth-order valence-corrected chi connectivity index (χ4v) is 2.23. The summed E-state index contributed by atoms with van der Waals surface area (Å²) in [5.74, 6) is 0.213. The number of hydrogen-bond acceptors (Lipinski definition) is 6. The van der Waals surface area contributed by atoms with Crippen LogP contribution in [0.15, 0.2) is 30.5 Å². The van der Waals surface area contributed by atoms with E-state index in [0.29, 0.717) is 28.3 Å². The maximum Gasteiger partial charge on any atom is 0.340 e. The molecule has 2 rings (SSSR count). The predicted molar refractivity (Wildman–Crippen MR) is 83.4 cm³/mol. The number of rotatable bonds is 5. The predicted octanol–water partition coefficient (Wildman–Crippen LogP) is 2.81. The zero-order valence-electron chi connectivity index (χ0n) is 13.1. The molecule has 0 radical (unpaired) electrons. The van der Waals surface area contributed by atoms with Crippen molar-refractivity contribution < 1.29 is 19.0 Å². The van der Waals surface area contributed by atoms with Gasteiger partial charge < -0.3 is 14.2 Å². The second-order valence-electron chi connectivity index (χ2n) is 4.46. The van der Waals surface area contributed by atoms with Gasteiger partial charge in [0.25, 0.3) is 0 Å². The molecule has 2 aromatic rings. The van der Waals surface area contributed by atoms with Crippen molar-refractivity contribution in [1.82, 2.24) is 4.98 Å². The van der Waals surface area contributed by atoms with Gasteiger partial charge in [0.2, 0.25) is 0 Å².